The quantitative estimate of drug-likeness (QED) is 0.428. The molecule has 2 nitrogen and oxygen atoms in total. The van der Waals surface area contributed by atoms with Crippen LogP contribution in [0.4, 0.5) is 0 Å². The first-order chi connectivity index (χ1) is 15.6. The molecule has 4 fully saturated rings. The summed E-state index contributed by atoms with van der Waals surface area (Å²) < 4.78 is 6.24. The Morgan fingerprint density at radius 3 is 2.52 bits per heavy atom. The number of fused-ring (bicyclic) bond motifs is 7. The van der Waals surface area contributed by atoms with Crippen molar-refractivity contribution in [2.75, 3.05) is 6.61 Å². The van der Waals surface area contributed by atoms with Gasteiger partial charge >= 0.3 is 0 Å². The lowest BCUT2D eigenvalue weighted by atomic mass is 9.47. The zero-order valence-corrected chi connectivity index (χ0v) is 22.5. The van der Waals surface area contributed by atoms with Crippen molar-refractivity contribution in [2.45, 2.75) is 112 Å². The van der Waals surface area contributed by atoms with Crippen molar-refractivity contribution in [2.24, 2.45) is 40.4 Å². The molecule has 3 saturated carbocycles. The molecule has 1 saturated heterocycles. The molecule has 1 heterocycles. The molecule has 4 unspecified atom stereocenters. The lowest BCUT2D eigenvalue weighted by Crippen LogP contribution is -2.60. The third-order valence-corrected chi connectivity index (χ3v) is 10.6. The number of aliphatic hydroxyl groups is 1. The monoisotopic (exact) mass is 454 g/mol. The predicted octanol–water partition coefficient (Wildman–Crippen LogP) is 7.88. The second-order valence-electron chi connectivity index (χ2n) is 12.9. The van der Waals surface area contributed by atoms with Crippen molar-refractivity contribution in [3.8, 4) is 0 Å². The second kappa shape index (κ2) is 8.98. The smallest absolute Gasteiger partial charge is 0.0759 e. The first-order valence-electron chi connectivity index (χ1n) is 14.0. The Hall–Kier alpha value is -0.860. The fraction of sp³-hybridized carbons (Fsp3) is 0.806. The van der Waals surface area contributed by atoms with E-state index in [9.17, 15) is 5.11 Å². The maximum atomic E-state index is 10.1. The van der Waals surface area contributed by atoms with Gasteiger partial charge < -0.3 is 9.84 Å². The summed E-state index contributed by atoms with van der Waals surface area (Å²) in [6.45, 7) is 20.8. The average Bonchev–Trinajstić information content (AvgIpc) is 3.06. The second-order valence-corrected chi connectivity index (χ2v) is 12.9. The molecule has 1 aliphatic heterocycles. The lowest BCUT2D eigenvalue weighted by molar-refractivity contribution is -0.176. The maximum absolute atomic E-state index is 10.1. The summed E-state index contributed by atoms with van der Waals surface area (Å²) in [7, 11) is 0. The van der Waals surface area contributed by atoms with Crippen LogP contribution in [0.1, 0.15) is 99.8 Å². The Morgan fingerprint density at radius 1 is 1.15 bits per heavy atom. The lowest BCUT2D eigenvalue weighted by Gasteiger charge is -2.61. The van der Waals surface area contributed by atoms with E-state index >= 15 is 0 Å². The van der Waals surface area contributed by atoms with Gasteiger partial charge in [-0.2, -0.15) is 0 Å². The summed E-state index contributed by atoms with van der Waals surface area (Å²) in [5.41, 5.74) is 4.85. The summed E-state index contributed by atoms with van der Waals surface area (Å²) >= 11 is 0. The van der Waals surface area contributed by atoms with E-state index in [1.807, 2.05) is 27.7 Å². The molecule has 0 aromatic rings. The zero-order chi connectivity index (χ0) is 24.2. The Balaban J connectivity index is 0.00000126. The Kier molecular flexibility index (Phi) is 6.86. The zero-order valence-electron chi connectivity index (χ0n) is 22.5. The standard InChI is InChI=1S/C29H44O2.C2H6/c1-18(8-7-14-27(3,4)30)23-11-12-24-21-10-9-20-16-19(2)22-17-31-26(22)29(20,6)25(21)13-15-28(23,24)5;1-2/h9-10,18,22-26,30H,2,7-8,11-17H2,1,3-6H3;1-2H3/t18?,22-,23?,24?,25?,26-,28+,29-;/m0./s1. The Bertz CT molecular complexity index is 813. The van der Waals surface area contributed by atoms with Crippen LogP contribution in [0.2, 0.25) is 0 Å². The largest absolute Gasteiger partial charge is 0.390 e. The highest BCUT2D eigenvalue weighted by Gasteiger charge is 2.62. The number of rotatable bonds is 5. The van der Waals surface area contributed by atoms with Crippen molar-refractivity contribution < 1.29 is 9.84 Å². The maximum Gasteiger partial charge on any atom is 0.0759 e. The molecule has 0 amide bonds. The molecule has 0 radical (unpaired) electrons. The van der Waals surface area contributed by atoms with Crippen molar-refractivity contribution in [3.05, 3.63) is 35.5 Å². The SMILES string of the molecule is C=C1CC2=CC=C3C4CCC(C(C)CCCC(C)(C)O)[C@@]4(C)CCC3[C@@]2(C)[C@H]2OC[C@@H]12.CC. The van der Waals surface area contributed by atoms with E-state index in [0.29, 0.717) is 23.4 Å². The Morgan fingerprint density at radius 2 is 1.88 bits per heavy atom. The van der Waals surface area contributed by atoms with Gasteiger partial charge in [0.15, 0.2) is 0 Å². The molecular weight excluding hydrogens is 404 g/mol. The van der Waals surface area contributed by atoms with Crippen LogP contribution in [0.3, 0.4) is 0 Å². The molecule has 186 valence electrons. The van der Waals surface area contributed by atoms with Crippen LogP contribution in [0.5, 0.6) is 0 Å². The van der Waals surface area contributed by atoms with E-state index in [1.165, 1.54) is 37.7 Å². The van der Waals surface area contributed by atoms with Crippen LogP contribution in [-0.2, 0) is 4.74 Å². The van der Waals surface area contributed by atoms with Crippen LogP contribution in [0.25, 0.3) is 0 Å². The minimum Gasteiger partial charge on any atom is -0.390 e. The van der Waals surface area contributed by atoms with Gasteiger partial charge in [0.05, 0.1) is 18.3 Å². The van der Waals surface area contributed by atoms with Crippen LogP contribution >= 0.6 is 0 Å². The molecule has 0 aromatic carbocycles. The van der Waals surface area contributed by atoms with Crippen molar-refractivity contribution in [1.29, 1.82) is 0 Å². The fourth-order valence-corrected chi connectivity index (χ4v) is 8.72. The summed E-state index contributed by atoms with van der Waals surface area (Å²) in [5.74, 6) is 3.55. The minimum absolute atomic E-state index is 0.186. The van der Waals surface area contributed by atoms with Gasteiger partial charge in [0.25, 0.3) is 0 Å². The molecule has 1 N–H and O–H groups in total. The first kappa shape index (κ1) is 25.2. The predicted molar refractivity (Wildman–Crippen MR) is 139 cm³/mol. The normalized spacial score (nSPS) is 42.3. The third kappa shape index (κ3) is 4.02. The highest BCUT2D eigenvalue weighted by molar-refractivity contribution is 5.44. The summed E-state index contributed by atoms with van der Waals surface area (Å²) in [5, 5.41) is 10.1. The fourth-order valence-electron chi connectivity index (χ4n) is 8.72. The van der Waals surface area contributed by atoms with E-state index in [4.69, 9.17) is 4.74 Å². The van der Waals surface area contributed by atoms with Crippen LogP contribution in [0, 0.1) is 40.4 Å². The molecule has 8 atom stereocenters. The van der Waals surface area contributed by atoms with Crippen LogP contribution < -0.4 is 0 Å². The van der Waals surface area contributed by atoms with Crippen molar-refractivity contribution in [1.82, 2.24) is 0 Å². The van der Waals surface area contributed by atoms with Crippen molar-refractivity contribution in [3.63, 3.8) is 0 Å². The summed E-state index contributed by atoms with van der Waals surface area (Å²) in [6.07, 6.45) is 15.2. The van der Waals surface area contributed by atoms with Crippen molar-refractivity contribution >= 4 is 0 Å². The number of hydrogen-bond donors (Lipinski definition) is 1. The molecule has 0 spiro atoms. The molecule has 0 bridgehead atoms. The molecule has 4 aliphatic carbocycles. The molecular formula is C31H50O2. The van der Waals surface area contributed by atoms with Gasteiger partial charge in [-0.05, 0) is 81.5 Å². The number of hydrogen-bond acceptors (Lipinski definition) is 2. The highest BCUT2D eigenvalue weighted by atomic mass is 16.5. The van der Waals surface area contributed by atoms with E-state index in [1.54, 1.807) is 11.1 Å². The first-order valence-corrected chi connectivity index (χ1v) is 14.0. The van der Waals surface area contributed by atoms with E-state index in [0.717, 1.165) is 43.6 Å². The van der Waals surface area contributed by atoms with Crippen LogP contribution in [-0.4, -0.2) is 23.4 Å². The van der Waals surface area contributed by atoms with Gasteiger partial charge in [-0.15, -0.1) is 0 Å². The van der Waals surface area contributed by atoms with E-state index in [2.05, 4.69) is 39.5 Å². The minimum atomic E-state index is -0.529. The van der Waals surface area contributed by atoms with Gasteiger partial charge in [-0.25, -0.2) is 0 Å². The molecule has 33 heavy (non-hydrogen) atoms. The van der Waals surface area contributed by atoms with Gasteiger partial charge in [0.2, 0.25) is 0 Å². The van der Waals surface area contributed by atoms with E-state index in [-0.39, 0.29) is 5.41 Å². The van der Waals surface area contributed by atoms with Gasteiger partial charge in [0.1, 0.15) is 0 Å². The number of ether oxygens (including phenoxy) is 1. The number of allylic oxidation sites excluding steroid dienone is 3. The van der Waals surface area contributed by atoms with Gasteiger partial charge in [0, 0.05) is 11.3 Å². The average molecular weight is 455 g/mol. The highest BCUT2D eigenvalue weighted by Crippen LogP contribution is 2.67. The van der Waals surface area contributed by atoms with Gasteiger partial charge in [-0.3, -0.25) is 0 Å². The third-order valence-electron chi connectivity index (χ3n) is 10.6. The summed E-state index contributed by atoms with van der Waals surface area (Å²) in [4.78, 5) is 0. The molecule has 0 aromatic heterocycles. The van der Waals surface area contributed by atoms with Gasteiger partial charge in [-0.1, -0.05) is 82.9 Å². The molecule has 5 aliphatic rings. The van der Waals surface area contributed by atoms with E-state index < -0.39 is 5.60 Å². The topological polar surface area (TPSA) is 29.5 Å². The molecule has 5 rings (SSSR count). The van der Waals surface area contributed by atoms with Crippen LogP contribution in [0.15, 0.2) is 35.5 Å². The summed E-state index contributed by atoms with van der Waals surface area (Å²) in [6, 6.07) is 0. The molecule has 2 heteroatoms. The Labute approximate surface area is 204 Å².